The summed E-state index contributed by atoms with van der Waals surface area (Å²) in [5.41, 5.74) is 2.59. The van der Waals surface area contributed by atoms with Gasteiger partial charge in [0.15, 0.2) is 0 Å². The molecule has 0 bridgehead atoms. The molecule has 0 saturated heterocycles. The number of unbranched alkanes of at least 4 members (excludes halogenated alkanes) is 2. The van der Waals surface area contributed by atoms with E-state index >= 15 is 0 Å². The van der Waals surface area contributed by atoms with Crippen molar-refractivity contribution < 1.29 is 4.79 Å². The Labute approximate surface area is 131 Å². The third-order valence-corrected chi connectivity index (χ3v) is 3.29. The van der Waals surface area contributed by atoms with Gasteiger partial charge < -0.3 is 10.6 Å². The number of nitrogens with one attached hydrogen (secondary N) is 2. The number of rotatable bonds is 7. The highest BCUT2D eigenvalue weighted by molar-refractivity contribution is 5.93. The number of benzene rings is 1. The van der Waals surface area contributed by atoms with Gasteiger partial charge in [0, 0.05) is 24.6 Å². The molecule has 1 aromatic carbocycles. The fourth-order valence-corrected chi connectivity index (χ4v) is 1.95. The monoisotopic (exact) mass is 298 g/mol. The highest BCUT2D eigenvalue weighted by Gasteiger charge is 2.06. The van der Waals surface area contributed by atoms with Crippen molar-refractivity contribution in [1.82, 2.24) is 15.3 Å². The lowest BCUT2D eigenvalue weighted by molar-refractivity contribution is 0.0952. The van der Waals surface area contributed by atoms with E-state index in [0.717, 1.165) is 24.9 Å². The Morgan fingerprint density at radius 2 is 1.77 bits per heavy atom. The van der Waals surface area contributed by atoms with E-state index in [-0.39, 0.29) is 5.91 Å². The third-order valence-electron chi connectivity index (χ3n) is 3.29. The van der Waals surface area contributed by atoms with E-state index in [9.17, 15) is 4.79 Å². The molecule has 0 saturated carbocycles. The van der Waals surface area contributed by atoms with Gasteiger partial charge in [0.05, 0.1) is 5.56 Å². The summed E-state index contributed by atoms with van der Waals surface area (Å²) in [5.74, 6) is 0.351. The Morgan fingerprint density at radius 3 is 2.41 bits per heavy atom. The van der Waals surface area contributed by atoms with Crippen molar-refractivity contribution in [3.63, 3.8) is 0 Å². The van der Waals surface area contributed by atoms with Crippen LogP contribution in [0, 0.1) is 6.92 Å². The van der Waals surface area contributed by atoms with Gasteiger partial charge in [-0.25, -0.2) is 9.97 Å². The smallest absolute Gasteiger partial charge is 0.254 e. The van der Waals surface area contributed by atoms with Crippen LogP contribution in [-0.2, 0) is 0 Å². The summed E-state index contributed by atoms with van der Waals surface area (Å²) in [5, 5.41) is 5.97. The van der Waals surface area contributed by atoms with Crippen molar-refractivity contribution in [2.75, 3.05) is 11.9 Å². The maximum atomic E-state index is 11.9. The molecule has 22 heavy (non-hydrogen) atoms. The molecule has 0 atom stereocenters. The van der Waals surface area contributed by atoms with Crippen LogP contribution in [0.2, 0.25) is 0 Å². The molecule has 0 fully saturated rings. The number of anilines is 2. The van der Waals surface area contributed by atoms with Gasteiger partial charge in [-0.15, -0.1) is 0 Å². The van der Waals surface area contributed by atoms with Crippen LogP contribution < -0.4 is 10.6 Å². The lowest BCUT2D eigenvalue weighted by Crippen LogP contribution is -2.24. The lowest BCUT2D eigenvalue weighted by atomic mass is 10.2. The Bertz CT molecular complexity index is 593. The van der Waals surface area contributed by atoms with Crippen molar-refractivity contribution in [3.05, 3.63) is 47.8 Å². The van der Waals surface area contributed by atoms with Crippen LogP contribution in [0.1, 0.15) is 42.1 Å². The summed E-state index contributed by atoms with van der Waals surface area (Å²) in [6, 6.07) is 7.96. The molecule has 1 aromatic heterocycles. The first kappa shape index (κ1) is 15.9. The number of aryl methyl sites for hydroxylation is 1. The molecule has 0 unspecified atom stereocenters. The highest BCUT2D eigenvalue weighted by atomic mass is 16.1. The van der Waals surface area contributed by atoms with Crippen LogP contribution in [0.25, 0.3) is 0 Å². The van der Waals surface area contributed by atoms with Crippen molar-refractivity contribution in [3.8, 4) is 0 Å². The maximum Gasteiger partial charge on any atom is 0.254 e. The molecule has 0 aliphatic carbocycles. The molecule has 0 aliphatic heterocycles. The molecule has 1 amide bonds. The minimum Gasteiger partial charge on any atom is -0.352 e. The Balaban J connectivity index is 1.89. The molecule has 0 radical (unpaired) electrons. The summed E-state index contributed by atoms with van der Waals surface area (Å²) in [7, 11) is 0. The first-order valence-electron chi connectivity index (χ1n) is 7.63. The van der Waals surface area contributed by atoms with Gasteiger partial charge in [0.1, 0.15) is 0 Å². The number of hydrogen-bond acceptors (Lipinski definition) is 4. The first-order chi connectivity index (χ1) is 10.7. The number of amides is 1. The number of carbonyl (C=O) groups excluding carboxylic acids is 1. The van der Waals surface area contributed by atoms with Crippen molar-refractivity contribution in [2.24, 2.45) is 0 Å². The summed E-state index contributed by atoms with van der Waals surface area (Å²) in [6.45, 7) is 4.86. The molecule has 5 heteroatoms. The van der Waals surface area contributed by atoms with Crippen LogP contribution in [0.15, 0.2) is 36.7 Å². The van der Waals surface area contributed by atoms with Gasteiger partial charge in [-0.1, -0.05) is 37.5 Å². The van der Waals surface area contributed by atoms with E-state index in [2.05, 4.69) is 27.5 Å². The predicted molar refractivity (Wildman–Crippen MR) is 88.4 cm³/mol. The average molecular weight is 298 g/mol. The van der Waals surface area contributed by atoms with Crippen molar-refractivity contribution in [2.45, 2.75) is 33.1 Å². The minimum absolute atomic E-state index is 0.127. The molecule has 2 N–H and O–H groups in total. The van der Waals surface area contributed by atoms with E-state index < -0.39 is 0 Å². The standard InChI is InChI=1S/C17H22N4O/c1-3-4-5-10-18-16(22)14-11-19-17(20-12-14)21-15-8-6-13(2)7-9-15/h6-9,11-12H,3-5,10H2,1-2H3,(H,18,22)(H,19,20,21). The molecule has 1 heterocycles. The predicted octanol–water partition coefficient (Wildman–Crippen LogP) is 3.45. The summed E-state index contributed by atoms with van der Waals surface area (Å²) in [4.78, 5) is 20.3. The fraction of sp³-hybridized carbons (Fsp3) is 0.353. The van der Waals surface area contributed by atoms with Crippen LogP contribution >= 0.6 is 0 Å². The topological polar surface area (TPSA) is 66.9 Å². The van der Waals surface area contributed by atoms with Gasteiger partial charge in [-0.3, -0.25) is 4.79 Å². The van der Waals surface area contributed by atoms with Crippen LogP contribution in [0.4, 0.5) is 11.6 Å². The van der Waals surface area contributed by atoms with Crippen LogP contribution in [0.3, 0.4) is 0 Å². The Morgan fingerprint density at radius 1 is 1.09 bits per heavy atom. The van der Waals surface area contributed by atoms with Gasteiger partial charge >= 0.3 is 0 Å². The average Bonchev–Trinajstić information content (AvgIpc) is 2.54. The molecule has 5 nitrogen and oxygen atoms in total. The second kappa shape index (κ2) is 8.12. The minimum atomic E-state index is -0.127. The first-order valence-corrected chi connectivity index (χ1v) is 7.63. The molecule has 0 aliphatic rings. The highest BCUT2D eigenvalue weighted by Crippen LogP contribution is 2.13. The summed E-state index contributed by atoms with van der Waals surface area (Å²) in [6.07, 6.45) is 6.34. The fourth-order valence-electron chi connectivity index (χ4n) is 1.95. The van der Waals surface area contributed by atoms with Crippen LogP contribution in [-0.4, -0.2) is 22.4 Å². The summed E-state index contributed by atoms with van der Waals surface area (Å²) < 4.78 is 0. The van der Waals surface area contributed by atoms with Gasteiger partial charge in [0.25, 0.3) is 5.91 Å². The normalized spacial score (nSPS) is 10.3. The quantitative estimate of drug-likeness (QED) is 0.768. The van der Waals surface area contributed by atoms with E-state index in [1.165, 1.54) is 5.56 Å². The number of hydrogen-bond donors (Lipinski definition) is 2. The van der Waals surface area contributed by atoms with E-state index in [4.69, 9.17) is 0 Å². The molecular formula is C17H22N4O. The largest absolute Gasteiger partial charge is 0.352 e. The molecule has 116 valence electrons. The van der Waals surface area contributed by atoms with E-state index in [0.29, 0.717) is 18.1 Å². The zero-order valence-corrected chi connectivity index (χ0v) is 13.1. The lowest BCUT2D eigenvalue weighted by Gasteiger charge is -2.07. The molecule has 2 rings (SSSR count). The zero-order chi connectivity index (χ0) is 15.8. The van der Waals surface area contributed by atoms with Gasteiger partial charge in [0.2, 0.25) is 5.95 Å². The number of carbonyl (C=O) groups is 1. The van der Waals surface area contributed by atoms with Crippen molar-refractivity contribution in [1.29, 1.82) is 0 Å². The zero-order valence-electron chi connectivity index (χ0n) is 13.1. The number of nitrogens with zero attached hydrogens (tertiary/aromatic N) is 2. The second-order valence-corrected chi connectivity index (χ2v) is 5.25. The third kappa shape index (κ3) is 4.84. The SMILES string of the molecule is CCCCCNC(=O)c1cnc(Nc2ccc(C)cc2)nc1. The van der Waals surface area contributed by atoms with E-state index in [1.54, 1.807) is 12.4 Å². The van der Waals surface area contributed by atoms with Crippen LogP contribution in [0.5, 0.6) is 0 Å². The summed E-state index contributed by atoms with van der Waals surface area (Å²) >= 11 is 0. The Kier molecular flexibility index (Phi) is 5.89. The van der Waals surface area contributed by atoms with Gasteiger partial charge in [-0.2, -0.15) is 0 Å². The molecule has 0 spiro atoms. The second-order valence-electron chi connectivity index (χ2n) is 5.25. The van der Waals surface area contributed by atoms with Gasteiger partial charge in [-0.05, 0) is 25.5 Å². The Hall–Kier alpha value is -2.43. The van der Waals surface area contributed by atoms with E-state index in [1.807, 2.05) is 31.2 Å². The molecule has 2 aromatic rings. The van der Waals surface area contributed by atoms with Crippen molar-refractivity contribution >= 4 is 17.5 Å². The molecular weight excluding hydrogens is 276 g/mol. The number of aromatic nitrogens is 2. The maximum absolute atomic E-state index is 11.9.